The summed E-state index contributed by atoms with van der Waals surface area (Å²) in [5.41, 5.74) is 0.384. The van der Waals surface area contributed by atoms with Crippen molar-refractivity contribution in [2.75, 3.05) is 7.11 Å². The number of hydrogen-bond donors (Lipinski definition) is 1. The Morgan fingerprint density at radius 2 is 2.10 bits per heavy atom. The van der Waals surface area contributed by atoms with Crippen LogP contribution in [0.5, 0.6) is 17.4 Å². The molecular weight excluding hydrogens is 276 g/mol. The van der Waals surface area contributed by atoms with Crippen molar-refractivity contribution in [3.05, 3.63) is 52.2 Å². The molecule has 2 rings (SSSR count). The van der Waals surface area contributed by atoms with Gasteiger partial charge in [-0.1, -0.05) is 0 Å². The molecule has 0 aliphatic carbocycles. The number of ether oxygens (including phenoxy) is 2. The Hall–Kier alpha value is -2.67. The zero-order valence-electron chi connectivity index (χ0n) is 11.5. The van der Waals surface area contributed by atoms with E-state index in [4.69, 9.17) is 9.47 Å². The van der Waals surface area contributed by atoms with E-state index in [1.807, 2.05) is 0 Å². The molecule has 110 valence electrons. The maximum atomic E-state index is 11.1. The van der Waals surface area contributed by atoms with E-state index in [0.29, 0.717) is 11.3 Å². The first-order valence-electron chi connectivity index (χ1n) is 6.15. The first kappa shape index (κ1) is 14.7. The lowest BCUT2D eigenvalue weighted by molar-refractivity contribution is -0.385. The number of nitro groups is 1. The number of pyridine rings is 1. The Kier molecular flexibility index (Phi) is 4.34. The Labute approximate surface area is 120 Å². The quantitative estimate of drug-likeness (QED) is 0.672. The third kappa shape index (κ3) is 3.46. The summed E-state index contributed by atoms with van der Waals surface area (Å²) in [6, 6.07) is 7.43. The Bertz CT molecular complexity index is 658. The molecule has 1 aromatic carbocycles. The maximum absolute atomic E-state index is 11.1. The van der Waals surface area contributed by atoms with Gasteiger partial charge in [0.1, 0.15) is 5.75 Å². The van der Waals surface area contributed by atoms with E-state index in [-0.39, 0.29) is 17.3 Å². The van der Waals surface area contributed by atoms with Gasteiger partial charge in [-0.05, 0) is 30.7 Å². The largest absolute Gasteiger partial charge is 0.496 e. The lowest BCUT2D eigenvalue weighted by Crippen LogP contribution is -1.97. The van der Waals surface area contributed by atoms with Gasteiger partial charge >= 0.3 is 5.69 Å². The molecule has 7 heteroatoms. The minimum atomic E-state index is -0.679. The molecule has 0 aliphatic heterocycles. The Morgan fingerprint density at radius 1 is 1.33 bits per heavy atom. The molecule has 0 fully saturated rings. The van der Waals surface area contributed by atoms with E-state index in [0.717, 1.165) is 0 Å². The molecular formula is C14H14N2O5. The third-order valence-electron chi connectivity index (χ3n) is 2.82. The third-order valence-corrected chi connectivity index (χ3v) is 2.82. The maximum Gasteiger partial charge on any atom is 0.315 e. The summed E-state index contributed by atoms with van der Waals surface area (Å²) in [5.74, 6) is 0.581. The second-order valence-electron chi connectivity index (χ2n) is 4.30. The summed E-state index contributed by atoms with van der Waals surface area (Å²) in [6.07, 6.45) is 0.786. The van der Waals surface area contributed by atoms with Gasteiger partial charge in [-0.2, -0.15) is 0 Å². The van der Waals surface area contributed by atoms with Crippen molar-refractivity contribution in [2.45, 2.75) is 13.0 Å². The van der Waals surface area contributed by atoms with Crippen molar-refractivity contribution >= 4 is 5.69 Å². The fraction of sp³-hybridized carbons (Fsp3) is 0.214. The number of nitro benzene ring substituents is 1. The Morgan fingerprint density at radius 3 is 2.71 bits per heavy atom. The molecule has 0 amide bonds. The normalized spacial score (nSPS) is 11.8. The van der Waals surface area contributed by atoms with Gasteiger partial charge in [0, 0.05) is 12.3 Å². The van der Waals surface area contributed by atoms with E-state index in [1.54, 1.807) is 19.1 Å². The smallest absolute Gasteiger partial charge is 0.315 e. The van der Waals surface area contributed by atoms with Crippen LogP contribution in [0, 0.1) is 10.1 Å². The number of aromatic nitrogens is 1. The molecule has 7 nitrogen and oxygen atoms in total. The van der Waals surface area contributed by atoms with Crippen molar-refractivity contribution in [1.82, 2.24) is 4.98 Å². The van der Waals surface area contributed by atoms with Gasteiger partial charge < -0.3 is 14.6 Å². The van der Waals surface area contributed by atoms with Crippen molar-refractivity contribution < 1.29 is 19.5 Å². The summed E-state index contributed by atoms with van der Waals surface area (Å²) in [7, 11) is 1.42. The predicted molar refractivity (Wildman–Crippen MR) is 74.6 cm³/mol. The number of benzene rings is 1. The van der Waals surface area contributed by atoms with Gasteiger partial charge in [-0.25, -0.2) is 4.98 Å². The molecule has 21 heavy (non-hydrogen) atoms. The highest BCUT2D eigenvalue weighted by molar-refractivity contribution is 5.52. The van der Waals surface area contributed by atoms with Crippen LogP contribution in [0.3, 0.4) is 0 Å². The monoisotopic (exact) mass is 290 g/mol. The molecule has 0 radical (unpaired) electrons. The summed E-state index contributed by atoms with van der Waals surface area (Å²) in [5, 5.41) is 20.6. The fourth-order valence-corrected chi connectivity index (χ4v) is 1.71. The summed E-state index contributed by atoms with van der Waals surface area (Å²) in [4.78, 5) is 14.5. The van der Waals surface area contributed by atoms with Crippen LogP contribution >= 0.6 is 0 Å². The second-order valence-corrected chi connectivity index (χ2v) is 4.30. The standard InChI is InChI=1S/C14H14N2O5/c1-9(17)10-5-6-15-14(7-10)21-13-4-3-11(20-2)8-12(13)16(18)19/h3-9,17H,1-2H3/t9-/m1/s1. The number of aliphatic hydroxyl groups is 1. The zero-order valence-corrected chi connectivity index (χ0v) is 11.5. The topological polar surface area (TPSA) is 94.7 Å². The van der Waals surface area contributed by atoms with E-state index in [2.05, 4.69) is 4.98 Å². The van der Waals surface area contributed by atoms with Crippen molar-refractivity contribution in [2.24, 2.45) is 0 Å². The molecule has 2 aromatic rings. The highest BCUT2D eigenvalue weighted by Gasteiger charge is 2.18. The van der Waals surface area contributed by atoms with Crippen LogP contribution in [0.4, 0.5) is 5.69 Å². The Balaban J connectivity index is 2.35. The number of rotatable bonds is 5. The zero-order chi connectivity index (χ0) is 15.4. The minimum absolute atomic E-state index is 0.0519. The first-order chi connectivity index (χ1) is 10.0. The minimum Gasteiger partial charge on any atom is -0.496 e. The highest BCUT2D eigenvalue weighted by Crippen LogP contribution is 2.34. The summed E-state index contributed by atoms with van der Waals surface area (Å²) in [6.45, 7) is 1.61. The summed E-state index contributed by atoms with van der Waals surface area (Å²) < 4.78 is 10.4. The number of nitrogens with zero attached hydrogens (tertiary/aromatic N) is 2. The molecule has 0 saturated carbocycles. The van der Waals surface area contributed by atoms with Gasteiger partial charge in [-0.3, -0.25) is 10.1 Å². The van der Waals surface area contributed by atoms with Gasteiger partial charge in [0.25, 0.3) is 0 Å². The number of hydrogen-bond acceptors (Lipinski definition) is 6. The van der Waals surface area contributed by atoms with Gasteiger partial charge in [0.2, 0.25) is 11.6 Å². The first-order valence-corrected chi connectivity index (χ1v) is 6.15. The van der Waals surface area contributed by atoms with E-state index in [1.165, 1.54) is 31.5 Å². The number of aliphatic hydroxyl groups excluding tert-OH is 1. The molecule has 0 unspecified atom stereocenters. The van der Waals surface area contributed by atoms with Crippen LogP contribution in [0.1, 0.15) is 18.6 Å². The van der Waals surface area contributed by atoms with E-state index in [9.17, 15) is 15.2 Å². The van der Waals surface area contributed by atoms with Gasteiger partial charge in [0.15, 0.2) is 0 Å². The van der Waals surface area contributed by atoms with Crippen LogP contribution in [-0.4, -0.2) is 22.1 Å². The van der Waals surface area contributed by atoms with Crippen molar-refractivity contribution in [1.29, 1.82) is 0 Å². The molecule has 0 bridgehead atoms. The molecule has 1 aromatic heterocycles. The highest BCUT2D eigenvalue weighted by atomic mass is 16.6. The van der Waals surface area contributed by atoms with Gasteiger partial charge in [0.05, 0.1) is 24.2 Å². The average molecular weight is 290 g/mol. The molecule has 0 aliphatic rings. The van der Waals surface area contributed by atoms with E-state index >= 15 is 0 Å². The average Bonchev–Trinajstić information content (AvgIpc) is 2.47. The molecule has 1 heterocycles. The predicted octanol–water partition coefficient (Wildman–Crippen LogP) is 2.84. The van der Waals surface area contributed by atoms with Crippen molar-refractivity contribution in [3.63, 3.8) is 0 Å². The summed E-state index contributed by atoms with van der Waals surface area (Å²) >= 11 is 0. The lowest BCUT2D eigenvalue weighted by Gasteiger charge is -2.09. The fourth-order valence-electron chi connectivity index (χ4n) is 1.71. The SMILES string of the molecule is COc1ccc(Oc2cc([C@@H](C)O)ccn2)c([N+](=O)[O-])c1. The molecule has 1 atom stereocenters. The lowest BCUT2D eigenvalue weighted by atomic mass is 10.2. The molecule has 1 N–H and O–H groups in total. The van der Waals surface area contributed by atoms with E-state index < -0.39 is 11.0 Å². The number of methoxy groups -OCH3 is 1. The van der Waals surface area contributed by atoms with Crippen LogP contribution < -0.4 is 9.47 Å². The van der Waals surface area contributed by atoms with Crippen LogP contribution in [-0.2, 0) is 0 Å². The second kappa shape index (κ2) is 6.19. The van der Waals surface area contributed by atoms with Crippen LogP contribution in [0.15, 0.2) is 36.5 Å². The van der Waals surface area contributed by atoms with Crippen molar-refractivity contribution in [3.8, 4) is 17.4 Å². The molecule has 0 saturated heterocycles. The van der Waals surface area contributed by atoms with Crippen LogP contribution in [0.25, 0.3) is 0 Å². The molecule has 0 spiro atoms. The van der Waals surface area contributed by atoms with Gasteiger partial charge in [-0.15, -0.1) is 0 Å². The van der Waals surface area contributed by atoms with Crippen LogP contribution in [0.2, 0.25) is 0 Å².